The Kier molecular flexibility index (Phi) is 5.69. The first-order valence-electron chi connectivity index (χ1n) is 6.35. The van der Waals surface area contributed by atoms with Gasteiger partial charge in [0.1, 0.15) is 0 Å². The molecule has 4 heteroatoms. The summed E-state index contributed by atoms with van der Waals surface area (Å²) >= 11 is 0. The molecule has 1 aromatic carbocycles. The molecule has 0 bridgehead atoms. The van der Waals surface area contributed by atoms with E-state index in [1.807, 2.05) is 13.8 Å². The van der Waals surface area contributed by atoms with E-state index >= 15 is 0 Å². The highest BCUT2D eigenvalue weighted by molar-refractivity contribution is 5.20. The van der Waals surface area contributed by atoms with Gasteiger partial charge in [0, 0.05) is 12.1 Å². The highest BCUT2D eigenvalue weighted by Gasteiger charge is 2.33. The zero-order chi connectivity index (χ0) is 13.6. The van der Waals surface area contributed by atoms with Crippen LogP contribution in [0, 0.1) is 5.92 Å². The van der Waals surface area contributed by atoms with E-state index in [-0.39, 0.29) is 18.0 Å². The van der Waals surface area contributed by atoms with Crippen molar-refractivity contribution in [3.63, 3.8) is 0 Å². The molecule has 0 aliphatic heterocycles. The fourth-order valence-corrected chi connectivity index (χ4v) is 1.87. The molecule has 0 spiro atoms. The molecular formula is C14H22F2N2. The molecule has 1 atom stereocenters. The monoisotopic (exact) mass is 256 g/mol. The molecule has 1 aromatic rings. The van der Waals surface area contributed by atoms with Crippen LogP contribution in [0.1, 0.15) is 19.4 Å². The van der Waals surface area contributed by atoms with Gasteiger partial charge in [0.05, 0.1) is 6.54 Å². The molecule has 2 nitrogen and oxygen atoms in total. The van der Waals surface area contributed by atoms with Gasteiger partial charge in [-0.2, -0.15) is 8.78 Å². The first-order valence-corrected chi connectivity index (χ1v) is 6.35. The molecule has 18 heavy (non-hydrogen) atoms. The molecule has 0 fully saturated rings. The van der Waals surface area contributed by atoms with Gasteiger partial charge in [-0.05, 0) is 19.0 Å². The molecule has 0 aromatic heterocycles. The van der Waals surface area contributed by atoms with Gasteiger partial charge in [0.2, 0.25) is 0 Å². The fraction of sp³-hybridized carbons (Fsp3) is 0.571. The van der Waals surface area contributed by atoms with Crippen LogP contribution in [0.2, 0.25) is 0 Å². The zero-order valence-electron chi connectivity index (χ0n) is 11.1. The van der Waals surface area contributed by atoms with Crippen LogP contribution in [0.4, 0.5) is 8.78 Å². The maximum Gasteiger partial charge on any atom is 0.285 e. The van der Waals surface area contributed by atoms with Crippen molar-refractivity contribution in [2.24, 2.45) is 11.7 Å². The average molecular weight is 256 g/mol. The second-order valence-corrected chi connectivity index (χ2v) is 4.74. The average Bonchev–Trinajstić information content (AvgIpc) is 2.38. The quantitative estimate of drug-likeness (QED) is 0.812. The van der Waals surface area contributed by atoms with Crippen molar-refractivity contribution < 1.29 is 8.78 Å². The van der Waals surface area contributed by atoms with Crippen LogP contribution >= 0.6 is 0 Å². The molecule has 0 amide bonds. The number of rotatable bonds is 7. The van der Waals surface area contributed by atoms with E-state index < -0.39 is 5.92 Å². The van der Waals surface area contributed by atoms with Crippen molar-refractivity contribution in [2.75, 3.05) is 26.2 Å². The Morgan fingerprint density at radius 2 is 1.89 bits per heavy atom. The maximum absolute atomic E-state index is 14.1. The number of hydrogen-bond acceptors (Lipinski definition) is 2. The molecule has 102 valence electrons. The smallest absolute Gasteiger partial charge is 0.285 e. The van der Waals surface area contributed by atoms with Crippen LogP contribution in [-0.4, -0.2) is 31.1 Å². The van der Waals surface area contributed by atoms with E-state index in [0.29, 0.717) is 19.6 Å². The van der Waals surface area contributed by atoms with Crippen molar-refractivity contribution in [1.82, 2.24) is 4.90 Å². The lowest BCUT2D eigenvalue weighted by Crippen LogP contribution is -2.39. The Morgan fingerprint density at radius 3 is 2.39 bits per heavy atom. The Bertz CT molecular complexity index is 341. The molecule has 0 saturated carbocycles. The second-order valence-electron chi connectivity index (χ2n) is 4.74. The standard InChI is InChI=1S/C14H22F2N2/c1-3-18(10-12(2)9-17)11-14(15,16)13-7-5-4-6-8-13/h4-8,12H,3,9-11,17H2,1-2H3. The molecule has 0 aliphatic carbocycles. The van der Waals surface area contributed by atoms with Gasteiger partial charge in [-0.3, -0.25) is 4.90 Å². The zero-order valence-corrected chi connectivity index (χ0v) is 11.1. The van der Waals surface area contributed by atoms with E-state index in [1.165, 1.54) is 12.1 Å². The highest BCUT2D eigenvalue weighted by Crippen LogP contribution is 2.28. The fourth-order valence-electron chi connectivity index (χ4n) is 1.87. The minimum atomic E-state index is -2.81. The predicted octanol–water partition coefficient (Wildman–Crippen LogP) is 2.70. The van der Waals surface area contributed by atoms with Crippen molar-refractivity contribution in [2.45, 2.75) is 19.8 Å². The molecule has 0 radical (unpaired) electrons. The molecule has 1 rings (SSSR count). The van der Waals surface area contributed by atoms with Gasteiger partial charge in [0.25, 0.3) is 5.92 Å². The molecule has 0 aliphatic rings. The summed E-state index contributed by atoms with van der Waals surface area (Å²) < 4.78 is 28.1. The normalized spacial score (nSPS) is 13.9. The lowest BCUT2D eigenvalue weighted by Gasteiger charge is -2.28. The highest BCUT2D eigenvalue weighted by atomic mass is 19.3. The SMILES string of the molecule is CCN(CC(C)CN)CC(F)(F)c1ccccc1. The van der Waals surface area contributed by atoms with Crippen LogP contribution in [0.25, 0.3) is 0 Å². The van der Waals surface area contributed by atoms with Crippen LogP contribution < -0.4 is 5.73 Å². The van der Waals surface area contributed by atoms with E-state index in [2.05, 4.69) is 0 Å². The summed E-state index contributed by atoms with van der Waals surface area (Å²) in [6, 6.07) is 7.97. The van der Waals surface area contributed by atoms with Crippen molar-refractivity contribution in [1.29, 1.82) is 0 Å². The van der Waals surface area contributed by atoms with E-state index in [0.717, 1.165) is 0 Å². The minimum Gasteiger partial charge on any atom is -0.330 e. The number of likely N-dealkylation sites (N-methyl/N-ethyl adjacent to an activating group) is 1. The summed E-state index contributed by atoms with van der Waals surface area (Å²) in [6.07, 6.45) is 0. The Labute approximate surface area is 108 Å². The topological polar surface area (TPSA) is 29.3 Å². The van der Waals surface area contributed by atoms with Crippen LogP contribution in [0.15, 0.2) is 30.3 Å². The number of nitrogens with zero attached hydrogens (tertiary/aromatic N) is 1. The number of nitrogens with two attached hydrogens (primary N) is 1. The van der Waals surface area contributed by atoms with E-state index in [9.17, 15) is 8.78 Å². The van der Waals surface area contributed by atoms with Crippen LogP contribution in [-0.2, 0) is 5.92 Å². The summed E-state index contributed by atoms with van der Waals surface area (Å²) in [7, 11) is 0. The van der Waals surface area contributed by atoms with Gasteiger partial charge in [0.15, 0.2) is 0 Å². The summed E-state index contributed by atoms with van der Waals surface area (Å²) in [4.78, 5) is 1.75. The van der Waals surface area contributed by atoms with Crippen LogP contribution in [0.5, 0.6) is 0 Å². The summed E-state index contributed by atoms with van der Waals surface area (Å²) in [6.45, 7) is 5.35. The Hall–Kier alpha value is -1.00. The lowest BCUT2D eigenvalue weighted by molar-refractivity contribution is -0.0391. The lowest BCUT2D eigenvalue weighted by atomic mass is 10.1. The maximum atomic E-state index is 14.1. The Morgan fingerprint density at radius 1 is 1.28 bits per heavy atom. The summed E-state index contributed by atoms with van der Waals surface area (Å²) in [5.74, 6) is -2.58. The summed E-state index contributed by atoms with van der Waals surface area (Å²) in [5.41, 5.74) is 5.61. The molecular weight excluding hydrogens is 234 g/mol. The van der Waals surface area contributed by atoms with Crippen molar-refractivity contribution in [3.8, 4) is 0 Å². The van der Waals surface area contributed by atoms with Gasteiger partial charge in [-0.15, -0.1) is 0 Å². The molecule has 2 N–H and O–H groups in total. The van der Waals surface area contributed by atoms with Gasteiger partial charge >= 0.3 is 0 Å². The molecule has 0 heterocycles. The van der Waals surface area contributed by atoms with Gasteiger partial charge < -0.3 is 5.73 Å². The number of alkyl halides is 2. The predicted molar refractivity (Wildman–Crippen MR) is 70.7 cm³/mol. The number of hydrogen-bond donors (Lipinski definition) is 1. The largest absolute Gasteiger partial charge is 0.330 e. The molecule has 1 unspecified atom stereocenters. The van der Waals surface area contributed by atoms with Gasteiger partial charge in [-0.1, -0.05) is 44.2 Å². The third-order valence-electron chi connectivity index (χ3n) is 3.04. The first-order chi connectivity index (χ1) is 8.49. The Balaban J connectivity index is 2.68. The summed E-state index contributed by atoms with van der Waals surface area (Å²) in [5, 5.41) is 0. The third-order valence-corrected chi connectivity index (χ3v) is 3.04. The van der Waals surface area contributed by atoms with E-state index in [4.69, 9.17) is 5.73 Å². The number of halogens is 2. The van der Waals surface area contributed by atoms with Crippen LogP contribution in [0.3, 0.4) is 0 Å². The van der Waals surface area contributed by atoms with Crippen molar-refractivity contribution >= 4 is 0 Å². The van der Waals surface area contributed by atoms with E-state index in [1.54, 1.807) is 23.1 Å². The number of benzene rings is 1. The first kappa shape index (κ1) is 15.1. The minimum absolute atomic E-state index is 0.0730. The second kappa shape index (κ2) is 6.81. The molecule has 0 saturated heterocycles. The third kappa shape index (κ3) is 4.35. The van der Waals surface area contributed by atoms with Crippen molar-refractivity contribution in [3.05, 3.63) is 35.9 Å². The van der Waals surface area contributed by atoms with Gasteiger partial charge in [-0.25, -0.2) is 0 Å².